The van der Waals surface area contributed by atoms with Crippen LogP contribution in [0.5, 0.6) is 0 Å². The third kappa shape index (κ3) is 4.98. The molecule has 3 aromatic rings. The second-order valence-electron chi connectivity index (χ2n) is 8.07. The summed E-state index contributed by atoms with van der Waals surface area (Å²) in [6, 6.07) is 23.4. The largest absolute Gasteiger partial charge is 0.343 e. The van der Waals surface area contributed by atoms with Gasteiger partial charge in [-0.1, -0.05) is 48.5 Å². The van der Waals surface area contributed by atoms with Gasteiger partial charge in [-0.25, -0.2) is 4.39 Å². The number of anilines is 1. The first-order valence-electron chi connectivity index (χ1n) is 10.4. The summed E-state index contributed by atoms with van der Waals surface area (Å²) in [5.41, 5.74) is 9.82. The van der Waals surface area contributed by atoms with Crippen molar-refractivity contribution in [2.75, 3.05) is 5.32 Å². The third-order valence-electron chi connectivity index (χ3n) is 5.23. The van der Waals surface area contributed by atoms with Gasteiger partial charge in [-0.3, -0.25) is 15.6 Å². The van der Waals surface area contributed by atoms with Gasteiger partial charge in [0.25, 0.3) is 5.91 Å². The van der Waals surface area contributed by atoms with Gasteiger partial charge in [-0.05, 0) is 67.5 Å². The fourth-order valence-corrected chi connectivity index (χ4v) is 3.43. The number of carbonyl (C=O) groups is 1. The number of hydrogen-bond donors (Lipinski definition) is 4. The molecule has 1 aliphatic heterocycles. The van der Waals surface area contributed by atoms with Crippen LogP contribution in [0.4, 0.5) is 10.1 Å². The van der Waals surface area contributed by atoms with Crippen molar-refractivity contribution in [3.8, 4) is 0 Å². The molecule has 0 spiro atoms. The van der Waals surface area contributed by atoms with Crippen molar-refractivity contribution in [2.24, 2.45) is 0 Å². The molecule has 0 radical (unpaired) electrons. The lowest BCUT2D eigenvalue weighted by molar-refractivity contribution is 0.0912. The standard InChI is InChI=1S/C26H25FN4O/c1-26(2,20-11-13-21(27)14-12-20)29-25(32)19-9-6-10-22(17-19)28-24-16-15-23(30-31-24)18-7-4-3-5-8-18/h3-17,28,30-31H,1-2H3,(H,29,32). The van der Waals surface area contributed by atoms with Gasteiger partial charge in [0, 0.05) is 11.3 Å². The van der Waals surface area contributed by atoms with Crippen LogP contribution in [-0.4, -0.2) is 5.91 Å². The van der Waals surface area contributed by atoms with Crippen LogP contribution in [-0.2, 0) is 5.54 Å². The van der Waals surface area contributed by atoms with Crippen molar-refractivity contribution in [3.05, 3.63) is 119 Å². The Morgan fingerprint density at radius 3 is 2.31 bits per heavy atom. The molecule has 0 unspecified atom stereocenters. The molecule has 0 saturated heterocycles. The van der Waals surface area contributed by atoms with Gasteiger partial charge in [0.2, 0.25) is 0 Å². The highest BCUT2D eigenvalue weighted by Crippen LogP contribution is 2.22. The zero-order chi connectivity index (χ0) is 22.6. The van der Waals surface area contributed by atoms with Gasteiger partial charge in [0.15, 0.2) is 0 Å². The molecule has 4 rings (SSSR count). The zero-order valence-electron chi connectivity index (χ0n) is 17.9. The van der Waals surface area contributed by atoms with E-state index in [0.717, 1.165) is 28.3 Å². The number of rotatable bonds is 6. The normalized spacial score (nSPS) is 13.2. The molecule has 0 saturated carbocycles. The van der Waals surface area contributed by atoms with Gasteiger partial charge in [0.05, 0.1) is 11.2 Å². The average Bonchev–Trinajstić information content (AvgIpc) is 2.80. The highest BCUT2D eigenvalue weighted by Gasteiger charge is 2.23. The van der Waals surface area contributed by atoms with Crippen LogP contribution in [0.3, 0.4) is 0 Å². The Morgan fingerprint density at radius 1 is 0.875 bits per heavy atom. The molecular formula is C26H25FN4O. The summed E-state index contributed by atoms with van der Waals surface area (Å²) in [6.45, 7) is 3.78. The molecule has 1 heterocycles. The zero-order valence-corrected chi connectivity index (χ0v) is 17.9. The van der Waals surface area contributed by atoms with Crippen LogP contribution in [0.1, 0.15) is 35.3 Å². The average molecular weight is 429 g/mol. The molecule has 4 N–H and O–H groups in total. The number of amides is 1. The number of benzene rings is 3. The molecule has 162 valence electrons. The van der Waals surface area contributed by atoms with Crippen LogP contribution >= 0.6 is 0 Å². The van der Waals surface area contributed by atoms with Crippen LogP contribution < -0.4 is 21.5 Å². The number of allylic oxidation sites excluding steroid dienone is 2. The van der Waals surface area contributed by atoms with Crippen molar-refractivity contribution >= 4 is 17.3 Å². The van der Waals surface area contributed by atoms with Crippen molar-refractivity contribution in [1.29, 1.82) is 0 Å². The molecule has 6 heteroatoms. The van der Waals surface area contributed by atoms with Gasteiger partial charge >= 0.3 is 0 Å². The molecule has 3 aromatic carbocycles. The molecule has 1 amide bonds. The molecule has 0 fully saturated rings. The molecular weight excluding hydrogens is 403 g/mol. The van der Waals surface area contributed by atoms with E-state index in [9.17, 15) is 9.18 Å². The first-order chi connectivity index (χ1) is 15.4. The fourth-order valence-electron chi connectivity index (χ4n) is 3.43. The molecule has 0 bridgehead atoms. The Bertz CT molecular complexity index is 1170. The van der Waals surface area contributed by atoms with Crippen LogP contribution in [0, 0.1) is 5.82 Å². The van der Waals surface area contributed by atoms with E-state index in [1.165, 1.54) is 12.1 Å². The highest BCUT2D eigenvalue weighted by atomic mass is 19.1. The molecule has 0 aromatic heterocycles. The summed E-state index contributed by atoms with van der Waals surface area (Å²) >= 11 is 0. The Hall–Kier alpha value is -4.06. The van der Waals surface area contributed by atoms with Crippen molar-refractivity contribution in [2.45, 2.75) is 19.4 Å². The second-order valence-corrected chi connectivity index (χ2v) is 8.07. The minimum atomic E-state index is -0.649. The summed E-state index contributed by atoms with van der Waals surface area (Å²) < 4.78 is 13.2. The van der Waals surface area contributed by atoms with Gasteiger partial charge in [-0.2, -0.15) is 0 Å². The maximum atomic E-state index is 13.2. The van der Waals surface area contributed by atoms with Gasteiger partial charge in [0.1, 0.15) is 11.6 Å². The topological polar surface area (TPSA) is 65.2 Å². The van der Waals surface area contributed by atoms with E-state index < -0.39 is 5.54 Å². The smallest absolute Gasteiger partial charge is 0.252 e. The number of hydrogen-bond acceptors (Lipinski definition) is 4. The Labute approximate surface area is 187 Å². The summed E-state index contributed by atoms with van der Waals surface area (Å²) in [4.78, 5) is 12.9. The van der Waals surface area contributed by atoms with E-state index in [1.54, 1.807) is 24.3 Å². The van der Waals surface area contributed by atoms with E-state index >= 15 is 0 Å². The minimum absolute atomic E-state index is 0.210. The SMILES string of the molecule is CC(C)(NC(=O)c1cccc(NC2=CC=C(c3ccccc3)NN2)c1)c1ccc(F)cc1. The monoisotopic (exact) mass is 428 g/mol. The molecule has 1 aliphatic rings. The van der Waals surface area contributed by atoms with Crippen molar-refractivity contribution in [1.82, 2.24) is 16.2 Å². The minimum Gasteiger partial charge on any atom is -0.343 e. The van der Waals surface area contributed by atoms with Crippen molar-refractivity contribution in [3.63, 3.8) is 0 Å². The Morgan fingerprint density at radius 2 is 1.62 bits per heavy atom. The third-order valence-corrected chi connectivity index (χ3v) is 5.23. The second kappa shape index (κ2) is 8.98. The number of hydrazine groups is 1. The van der Waals surface area contributed by atoms with Gasteiger partial charge < -0.3 is 10.6 Å². The van der Waals surface area contributed by atoms with E-state index in [-0.39, 0.29) is 11.7 Å². The maximum absolute atomic E-state index is 13.2. The van der Waals surface area contributed by atoms with E-state index in [1.807, 2.05) is 68.5 Å². The van der Waals surface area contributed by atoms with E-state index in [0.29, 0.717) is 5.56 Å². The summed E-state index contributed by atoms with van der Waals surface area (Å²) in [6.07, 6.45) is 3.92. The fraction of sp³-hybridized carbons (Fsp3) is 0.115. The predicted molar refractivity (Wildman–Crippen MR) is 126 cm³/mol. The highest BCUT2D eigenvalue weighted by molar-refractivity contribution is 5.95. The van der Waals surface area contributed by atoms with Crippen LogP contribution in [0.25, 0.3) is 5.70 Å². The summed E-state index contributed by atoms with van der Waals surface area (Å²) in [7, 11) is 0. The lowest BCUT2D eigenvalue weighted by Gasteiger charge is -2.27. The van der Waals surface area contributed by atoms with E-state index in [4.69, 9.17) is 0 Å². The lowest BCUT2D eigenvalue weighted by atomic mass is 9.94. The summed E-state index contributed by atoms with van der Waals surface area (Å²) in [5.74, 6) is 0.243. The Balaban J connectivity index is 1.44. The maximum Gasteiger partial charge on any atom is 0.252 e. The summed E-state index contributed by atoms with van der Waals surface area (Å²) in [5, 5.41) is 6.29. The lowest BCUT2D eigenvalue weighted by Crippen LogP contribution is -2.41. The molecule has 32 heavy (non-hydrogen) atoms. The molecule has 0 atom stereocenters. The molecule has 5 nitrogen and oxygen atoms in total. The molecule has 0 aliphatic carbocycles. The first kappa shape index (κ1) is 21.2. The number of nitrogens with one attached hydrogen (secondary N) is 4. The Kier molecular flexibility index (Phi) is 5.94. The quantitative estimate of drug-likeness (QED) is 0.451. The van der Waals surface area contributed by atoms with Crippen LogP contribution in [0.15, 0.2) is 96.8 Å². The predicted octanol–water partition coefficient (Wildman–Crippen LogP) is 4.89. The van der Waals surface area contributed by atoms with Crippen LogP contribution in [0.2, 0.25) is 0 Å². The van der Waals surface area contributed by atoms with Gasteiger partial charge in [-0.15, -0.1) is 0 Å². The van der Waals surface area contributed by atoms with E-state index in [2.05, 4.69) is 21.5 Å². The first-order valence-corrected chi connectivity index (χ1v) is 10.4. The number of halogens is 1. The van der Waals surface area contributed by atoms with Crippen molar-refractivity contribution < 1.29 is 9.18 Å². The number of carbonyl (C=O) groups excluding carboxylic acids is 1.